The zero-order valence-corrected chi connectivity index (χ0v) is 11.6. The van der Waals surface area contributed by atoms with Crippen LogP contribution in [0, 0.1) is 5.41 Å². The molecule has 0 aliphatic heterocycles. The smallest absolute Gasteiger partial charge is 0.0857 e. The monoisotopic (exact) mass is 286 g/mol. The number of halogens is 1. The Morgan fingerprint density at radius 1 is 1.38 bits per heavy atom. The molecule has 3 nitrogen and oxygen atoms in total. The fourth-order valence-corrected chi connectivity index (χ4v) is 1.95. The second-order valence-electron chi connectivity index (χ2n) is 5.17. The summed E-state index contributed by atoms with van der Waals surface area (Å²) in [5, 5.41) is 10.5. The van der Waals surface area contributed by atoms with Crippen LogP contribution < -0.4 is 5.73 Å². The molecule has 1 heterocycles. The minimum absolute atomic E-state index is 0.239. The SMILES string of the molecule is CC(C)(C)C(O)(CN)Cc1cncc(Br)c1. The average Bonchev–Trinajstić information content (AvgIpc) is 2.15. The van der Waals surface area contributed by atoms with Crippen LogP contribution in [-0.4, -0.2) is 22.2 Å². The number of pyridine rings is 1. The quantitative estimate of drug-likeness (QED) is 0.895. The maximum atomic E-state index is 10.5. The van der Waals surface area contributed by atoms with Crippen molar-refractivity contribution in [1.82, 2.24) is 4.98 Å². The van der Waals surface area contributed by atoms with E-state index in [1.54, 1.807) is 12.4 Å². The van der Waals surface area contributed by atoms with Crippen LogP contribution in [0.5, 0.6) is 0 Å². The van der Waals surface area contributed by atoms with Gasteiger partial charge in [0.25, 0.3) is 0 Å². The molecule has 90 valence electrons. The van der Waals surface area contributed by atoms with E-state index in [0.717, 1.165) is 10.0 Å². The highest BCUT2D eigenvalue weighted by molar-refractivity contribution is 9.10. The van der Waals surface area contributed by atoms with Gasteiger partial charge in [0.2, 0.25) is 0 Å². The Morgan fingerprint density at radius 3 is 2.44 bits per heavy atom. The Morgan fingerprint density at radius 2 is 2.00 bits per heavy atom. The fraction of sp³-hybridized carbons (Fsp3) is 0.583. The van der Waals surface area contributed by atoms with E-state index in [4.69, 9.17) is 5.73 Å². The van der Waals surface area contributed by atoms with Crippen molar-refractivity contribution in [1.29, 1.82) is 0 Å². The number of rotatable bonds is 3. The summed E-state index contributed by atoms with van der Waals surface area (Å²) in [5.74, 6) is 0. The maximum absolute atomic E-state index is 10.5. The number of nitrogens with two attached hydrogens (primary N) is 1. The van der Waals surface area contributed by atoms with Gasteiger partial charge in [-0.25, -0.2) is 0 Å². The first-order valence-electron chi connectivity index (χ1n) is 5.30. The average molecular weight is 287 g/mol. The normalized spacial score (nSPS) is 15.9. The van der Waals surface area contributed by atoms with Crippen molar-refractivity contribution >= 4 is 15.9 Å². The van der Waals surface area contributed by atoms with E-state index >= 15 is 0 Å². The molecule has 1 unspecified atom stereocenters. The van der Waals surface area contributed by atoms with Gasteiger partial charge in [0.1, 0.15) is 0 Å². The van der Waals surface area contributed by atoms with Crippen LogP contribution in [0.2, 0.25) is 0 Å². The molecule has 0 spiro atoms. The predicted molar refractivity (Wildman–Crippen MR) is 69.1 cm³/mol. The summed E-state index contributed by atoms with van der Waals surface area (Å²) in [6, 6.07) is 1.96. The van der Waals surface area contributed by atoms with Gasteiger partial charge in [-0.15, -0.1) is 0 Å². The zero-order valence-electron chi connectivity index (χ0n) is 10.00. The van der Waals surface area contributed by atoms with Crippen molar-refractivity contribution in [3.8, 4) is 0 Å². The van der Waals surface area contributed by atoms with Crippen LogP contribution in [-0.2, 0) is 6.42 Å². The zero-order chi connectivity index (χ0) is 12.4. The van der Waals surface area contributed by atoms with E-state index in [0.29, 0.717) is 6.42 Å². The van der Waals surface area contributed by atoms with E-state index in [2.05, 4.69) is 20.9 Å². The Hall–Kier alpha value is -0.450. The Bertz CT molecular complexity index is 362. The highest BCUT2D eigenvalue weighted by Crippen LogP contribution is 2.32. The molecule has 0 aliphatic rings. The molecule has 0 amide bonds. The minimum atomic E-state index is -0.907. The molecular weight excluding hydrogens is 268 g/mol. The first-order chi connectivity index (χ1) is 7.28. The lowest BCUT2D eigenvalue weighted by molar-refractivity contribution is -0.0491. The van der Waals surface area contributed by atoms with Gasteiger partial charge in [-0.2, -0.15) is 0 Å². The maximum Gasteiger partial charge on any atom is 0.0857 e. The van der Waals surface area contributed by atoms with Crippen molar-refractivity contribution in [2.24, 2.45) is 11.1 Å². The van der Waals surface area contributed by atoms with Gasteiger partial charge in [0.15, 0.2) is 0 Å². The molecule has 0 aliphatic carbocycles. The van der Waals surface area contributed by atoms with Crippen molar-refractivity contribution in [2.45, 2.75) is 32.8 Å². The van der Waals surface area contributed by atoms with Crippen molar-refractivity contribution < 1.29 is 5.11 Å². The summed E-state index contributed by atoms with van der Waals surface area (Å²) in [5.41, 5.74) is 5.51. The summed E-state index contributed by atoms with van der Waals surface area (Å²) in [7, 11) is 0. The number of hydrogen-bond acceptors (Lipinski definition) is 3. The molecule has 1 atom stereocenters. The number of nitrogens with zero attached hydrogens (tertiary/aromatic N) is 1. The fourth-order valence-electron chi connectivity index (χ4n) is 1.53. The second-order valence-corrected chi connectivity index (χ2v) is 6.09. The van der Waals surface area contributed by atoms with E-state index in [1.807, 2.05) is 26.8 Å². The van der Waals surface area contributed by atoms with Crippen molar-refractivity contribution in [2.75, 3.05) is 6.54 Å². The molecule has 16 heavy (non-hydrogen) atoms. The third-order valence-corrected chi connectivity index (χ3v) is 3.43. The standard InChI is InChI=1S/C12H19BrN2O/c1-11(2,3)12(16,8-14)5-9-4-10(13)7-15-6-9/h4,6-7,16H,5,8,14H2,1-3H3. The lowest BCUT2D eigenvalue weighted by Gasteiger charge is -2.39. The van der Waals surface area contributed by atoms with Gasteiger partial charge in [-0.05, 0) is 33.0 Å². The summed E-state index contributed by atoms with van der Waals surface area (Å²) in [4.78, 5) is 4.09. The van der Waals surface area contributed by atoms with Crippen LogP contribution in [0.3, 0.4) is 0 Å². The molecule has 1 aromatic rings. The molecular formula is C12H19BrN2O. The Kier molecular flexibility index (Phi) is 4.10. The van der Waals surface area contributed by atoms with Crippen molar-refractivity contribution in [3.63, 3.8) is 0 Å². The third kappa shape index (κ3) is 3.03. The molecule has 3 N–H and O–H groups in total. The molecule has 0 saturated carbocycles. The van der Waals surface area contributed by atoms with E-state index in [9.17, 15) is 5.11 Å². The largest absolute Gasteiger partial charge is 0.388 e. The minimum Gasteiger partial charge on any atom is -0.388 e. The topological polar surface area (TPSA) is 59.1 Å². The number of hydrogen-bond donors (Lipinski definition) is 2. The van der Waals surface area contributed by atoms with Crippen LogP contribution in [0.25, 0.3) is 0 Å². The summed E-state index contributed by atoms with van der Waals surface area (Å²) in [6.45, 7) is 6.21. The lowest BCUT2D eigenvalue weighted by Crippen LogP contribution is -2.50. The third-order valence-electron chi connectivity index (χ3n) is 2.99. The van der Waals surface area contributed by atoms with Gasteiger partial charge in [0.05, 0.1) is 5.60 Å². The molecule has 1 rings (SSSR count). The number of aliphatic hydroxyl groups is 1. The Balaban J connectivity index is 2.94. The molecule has 0 bridgehead atoms. The van der Waals surface area contributed by atoms with E-state index < -0.39 is 5.60 Å². The van der Waals surface area contributed by atoms with Crippen molar-refractivity contribution in [3.05, 3.63) is 28.5 Å². The van der Waals surface area contributed by atoms with Gasteiger partial charge < -0.3 is 10.8 Å². The van der Waals surface area contributed by atoms with Gasteiger partial charge in [-0.3, -0.25) is 4.98 Å². The van der Waals surface area contributed by atoms with Crippen LogP contribution in [0.1, 0.15) is 26.3 Å². The summed E-state index contributed by atoms with van der Waals surface area (Å²) in [6.07, 6.45) is 4.00. The molecule has 0 aromatic carbocycles. The molecule has 4 heteroatoms. The predicted octanol–water partition coefficient (Wildman–Crippen LogP) is 2.12. The van der Waals surface area contributed by atoms with Gasteiger partial charge in [-0.1, -0.05) is 20.8 Å². The highest BCUT2D eigenvalue weighted by atomic mass is 79.9. The van der Waals surface area contributed by atoms with Gasteiger partial charge in [0, 0.05) is 29.8 Å². The molecule has 0 saturated heterocycles. The van der Waals surface area contributed by atoms with Gasteiger partial charge >= 0.3 is 0 Å². The van der Waals surface area contributed by atoms with Crippen LogP contribution >= 0.6 is 15.9 Å². The van der Waals surface area contributed by atoms with E-state index in [-0.39, 0.29) is 12.0 Å². The summed E-state index contributed by atoms with van der Waals surface area (Å²) >= 11 is 3.37. The van der Waals surface area contributed by atoms with Crippen LogP contribution in [0.4, 0.5) is 0 Å². The first kappa shape index (κ1) is 13.6. The highest BCUT2D eigenvalue weighted by Gasteiger charge is 2.38. The number of aromatic nitrogens is 1. The second kappa shape index (κ2) is 4.82. The molecule has 1 aromatic heterocycles. The summed E-state index contributed by atoms with van der Waals surface area (Å²) < 4.78 is 0.915. The van der Waals surface area contributed by atoms with Crippen LogP contribution in [0.15, 0.2) is 22.9 Å². The van der Waals surface area contributed by atoms with E-state index in [1.165, 1.54) is 0 Å². The molecule has 0 radical (unpaired) electrons. The Labute approximate surface area is 105 Å². The molecule has 0 fully saturated rings. The lowest BCUT2D eigenvalue weighted by atomic mass is 9.73. The first-order valence-corrected chi connectivity index (χ1v) is 6.10.